The number of aromatic amines is 1. The molecule has 1 aromatic heterocycles. The minimum Gasteiger partial charge on any atom is -0.506 e. The average molecular weight is 689 g/mol. The number of hydrogen-bond acceptors (Lipinski definition) is 11. The number of rotatable bonds is 13. The highest BCUT2D eigenvalue weighted by Gasteiger charge is 2.44. The normalized spacial score (nSPS) is 19.9. The molecule has 50 heavy (non-hydrogen) atoms. The van der Waals surface area contributed by atoms with E-state index in [4.69, 9.17) is 23.9 Å². The Morgan fingerprint density at radius 2 is 1.30 bits per heavy atom. The summed E-state index contributed by atoms with van der Waals surface area (Å²) in [5.41, 5.74) is 3.18. The molecule has 5 rings (SSSR count). The lowest BCUT2D eigenvalue weighted by molar-refractivity contribution is -0.146. The molecule has 1 aliphatic heterocycles. The van der Waals surface area contributed by atoms with Crippen molar-refractivity contribution in [3.8, 4) is 0 Å². The summed E-state index contributed by atoms with van der Waals surface area (Å²) in [4.78, 5) is 71.7. The highest BCUT2D eigenvalue weighted by molar-refractivity contribution is 6.40. The number of allylic oxidation sites excluding steroid dienone is 3. The molecule has 1 aromatic rings. The van der Waals surface area contributed by atoms with Gasteiger partial charge in [0.2, 0.25) is 5.78 Å². The molecule has 12 heteroatoms. The number of aliphatic imine (C=N–C) groups is 1. The fourth-order valence-electron chi connectivity index (χ4n) is 7.24. The third kappa shape index (κ3) is 7.44. The van der Waals surface area contributed by atoms with E-state index in [2.05, 4.69) is 18.1 Å². The van der Waals surface area contributed by atoms with Crippen molar-refractivity contribution >= 4 is 40.9 Å². The van der Waals surface area contributed by atoms with E-state index in [1.807, 2.05) is 0 Å². The molecule has 0 aromatic carbocycles. The number of hydrogen-bond donors (Lipinski definition) is 2. The number of H-pyrrole nitrogens is 1. The second kappa shape index (κ2) is 16.1. The number of esters is 4. The molecule has 266 valence electrons. The largest absolute Gasteiger partial charge is 0.506 e. The molecule has 0 radical (unpaired) electrons. The van der Waals surface area contributed by atoms with Crippen molar-refractivity contribution in [3.63, 3.8) is 0 Å². The van der Waals surface area contributed by atoms with Gasteiger partial charge in [0.15, 0.2) is 0 Å². The summed E-state index contributed by atoms with van der Waals surface area (Å²) >= 11 is 0. The number of carbonyl (C=O) groups excluding carboxylic acids is 5. The molecule has 0 bridgehead atoms. The predicted octanol–water partition coefficient (Wildman–Crippen LogP) is 5.99. The Hall–Kier alpha value is -5.00. The minimum atomic E-state index is -0.646. The number of nitrogens with one attached hydrogen (secondary N) is 1. The van der Waals surface area contributed by atoms with Crippen molar-refractivity contribution < 1.29 is 48.0 Å². The third-order valence-corrected chi connectivity index (χ3v) is 9.78. The van der Waals surface area contributed by atoms with Gasteiger partial charge in [0.05, 0.1) is 39.4 Å². The lowest BCUT2D eigenvalue weighted by Crippen LogP contribution is -2.25. The van der Waals surface area contributed by atoms with Gasteiger partial charge in [0.25, 0.3) is 0 Å². The SMILES string of the molecule is C=CC(=O)OCCOC(=O)C1=C(C)/C(=C2/C(=O)C(c3[nH]c(C4CCCCC4)c(C(=O)OCCOC(=O)C=C)c3C)=C2O)N=C1C1CCCCC1. The average Bonchev–Trinajstić information content (AvgIpc) is 3.64. The van der Waals surface area contributed by atoms with Crippen molar-refractivity contribution in [3.05, 3.63) is 76.0 Å². The van der Waals surface area contributed by atoms with Crippen LogP contribution in [0.15, 0.2) is 58.5 Å². The van der Waals surface area contributed by atoms with E-state index in [9.17, 15) is 29.1 Å². The zero-order valence-electron chi connectivity index (χ0n) is 28.7. The van der Waals surface area contributed by atoms with Crippen molar-refractivity contribution in [1.82, 2.24) is 4.98 Å². The van der Waals surface area contributed by atoms with E-state index in [1.165, 1.54) is 0 Å². The summed E-state index contributed by atoms with van der Waals surface area (Å²) in [7, 11) is 0. The van der Waals surface area contributed by atoms with Crippen molar-refractivity contribution in [1.29, 1.82) is 0 Å². The van der Waals surface area contributed by atoms with Crippen LogP contribution in [0.2, 0.25) is 0 Å². The predicted molar refractivity (Wildman–Crippen MR) is 183 cm³/mol. The van der Waals surface area contributed by atoms with E-state index in [0.717, 1.165) is 76.4 Å². The summed E-state index contributed by atoms with van der Waals surface area (Å²) < 4.78 is 20.8. The van der Waals surface area contributed by atoms with E-state index in [0.29, 0.717) is 33.8 Å². The first-order valence-electron chi connectivity index (χ1n) is 17.3. The lowest BCUT2D eigenvalue weighted by atomic mass is 9.81. The number of nitrogens with zero attached hydrogens (tertiary/aromatic N) is 1. The van der Waals surface area contributed by atoms with Gasteiger partial charge < -0.3 is 29.0 Å². The maximum atomic E-state index is 14.0. The van der Waals surface area contributed by atoms with Crippen LogP contribution in [-0.2, 0) is 38.1 Å². The molecule has 2 heterocycles. The zero-order chi connectivity index (χ0) is 35.9. The topological polar surface area (TPSA) is 171 Å². The van der Waals surface area contributed by atoms with Gasteiger partial charge in [-0.25, -0.2) is 19.2 Å². The Bertz CT molecular complexity index is 1720. The molecule has 2 N–H and O–H groups in total. The monoisotopic (exact) mass is 688 g/mol. The molecule has 0 amide bonds. The number of aliphatic hydroxyl groups is 1. The van der Waals surface area contributed by atoms with Gasteiger partial charge in [0, 0.05) is 23.8 Å². The van der Waals surface area contributed by atoms with Crippen LogP contribution in [0.1, 0.15) is 104 Å². The molecular formula is C38H44N2O10. The fourth-order valence-corrected chi connectivity index (χ4v) is 7.24. The number of aliphatic hydroxyl groups excluding tert-OH is 1. The lowest BCUT2D eigenvalue weighted by Gasteiger charge is -2.23. The molecule has 0 spiro atoms. The fraction of sp³-hybridized carbons (Fsp3) is 0.474. The van der Waals surface area contributed by atoms with Crippen molar-refractivity contribution in [2.75, 3.05) is 26.4 Å². The first-order chi connectivity index (χ1) is 24.1. The van der Waals surface area contributed by atoms with E-state index >= 15 is 0 Å². The Kier molecular flexibility index (Phi) is 11.7. The van der Waals surface area contributed by atoms with Crippen LogP contribution < -0.4 is 0 Å². The van der Waals surface area contributed by atoms with E-state index in [-0.39, 0.29) is 66.4 Å². The van der Waals surface area contributed by atoms with Crippen molar-refractivity contribution in [2.45, 2.75) is 84.0 Å². The smallest absolute Gasteiger partial charge is 0.340 e. The van der Waals surface area contributed by atoms with Gasteiger partial charge in [-0.2, -0.15) is 0 Å². The van der Waals surface area contributed by atoms with Crippen LogP contribution in [0.25, 0.3) is 5.57 Å². The summed E-state index contributed by atoms with van der Waals surface area (Å²) in [5.74, 6) is -3.26. The molecule has 2 fully saturated rings. The number of aromatic nitrogens is 1. The molecular weight excluding hydrogens is 644 g/mol. The first kappa shape index (κ1) is 36.3. The first-order valence-corrected chi connectivity index (χ1v) is 17.3. The zero-order valence-corrected chi connectivity index (χ0v) is 28.7. The highest BCUT2D eigenvalue weighted by atomic mass is 16.6. The van der Waals surface area contributed by atoms with Crippen LogP contribution in [0.3, 0.4) is 0 Å². The highest BCUT2D eigenvalue weighted by Crippen LogP contribution is 2.46. The van der Waals surface area contributed by atoms with Gasteiger partial charge in [-0.05, 0) is 56.6 Å². The second-order valence-corrected chi connectivity index (χ2v) is 12.9. The number of ether oxygens (including phenoxy) is 4. The minimum absolute atomic E-state index is 0.00472. The molecule has 3 aliphatic carbocycles. The third-order valence-electron chi connectivity index (χ3n) is 9.78. The second-order valence-electron chi connectivity index (χ2n) is 12.9. The number of carbonyl (C=O) groups is 5. The molecule has 4 aliphatic rings. The van der Waals surface area contributed by atoms with E-state index < -0.39 is 29.7 Å². The molecule has 0 saturated heterocycles. The van der Waals surface area contributed by atoms with Gasteiger partial charge in [-0.3, -0.25) is 9.79 Å². The van der Waals surface area contributed by atoms with Gasteiger partial charge in [-0.1, -0.05) is 51.7 Å². The molecule has 0 atom stereocenters. The van der Waals surface area contributed by atoms with Gasteiger partial charge in [-0.15, -0.1) is 0 Å². The molecule has 12 nitrogen and oxygen atoms in total. The summed E-state index contributed by atoms with van der Waals surface area (Å²) in [5, 5.41) is 11.5. The van der Waals surface area contributed by atoms with Gasteiger partial charge >= 0.3 is 23.9 Å². The van der Waals surface area contributed by atoms with Crippen LogP contribution in [-0.4, -0.2) is 71.9 Å². The maximum absolute atomic E-state index is 14.0. The Balaban J connectivity index is 1.48. The van der Waals surface area contributed by atoms with Crippen LogP contribution >= 0.6 is 0 Å². The Morgan fingerprint density at radius 1 is 0.780 bits per heavy atom. The Labute approximate surface area is 291 Å². The van der Waals surface area contributed by atoms with Crippen LogP contribution in [0.5, 0.6) is 0 Å². The summed E-state index contributed by atoms with van der Waals surface area (Å²) in [6.45, 7) is 9.45. The summed E-state index contributed by atoms with van der Waals surface area (Å²) in [6.07, 6.45) is 11.5. The Morgan fingerprint density at radius 3 is 1.84 bits per heavy atom. The maximum Gasteiger partial charge on any atom is 0.340 e. The van der Waals surface area contributed by atoms with Crippen molar-refractivity contribution in [2.24, 2.45) is 10.9 Å². The quantitative estimate of drug-likeness (QED) is 0.109. The summed E-state index contributed by atoms with van der Waals surface area (Å²) in [6, 6.07) is 0. The molecule has 2 saturated carbocycles. The van der Waals surface area contributed by atoms with Crippen LogP contribution in [0, 0.1) is 12.8 Å². The molecule has 0 unspecified atom stereocenters. The standard InChI is InChI=1S/C38H44N2O10/c1-5-25(41)47-17-19-49-37(45)27-21(3)31(39-33(27)23-13-9-7-10-14-23)29-35(43)30(36(29)44)32-22(4)28(34(40-32)24-15-11-8-12-16-24)38(46)50-20-18-48-26(42)6-2/h5-6,23-24,39,43H,1-2,7-20H2,3-4H3/b32-30-. The van der Waals surface area contributed by atoms with Crippen LogP contribution in [0.4, 0.5) is 0 Å². The van der Waals surface area contributed by atoms with Gasteiger partial charge in [0.1, 0.15) is 32.2 Å². The number of Topliss-reactive ketones (excluding diaryl/α,β-unsaturated/α-hetero) is 1. The number of ketones is 1. The van der Waals surface area contributed by atoms with E-state index in [1.54, 1.807) is 13.8 Å².